The van der Waals surface area contributed by atoms with Gasteiger partial charge in [-0.2, -0.15) is 0 Å². The molecule has 1 aliphatic heterocycles. The predicted octanol–water partition coefficient (Wildman–Crippen LogP) is 4.09. The highest BCUT2D eigenvalue weighted by Crippen LogP contribution is 2.28. The third kappa shape index (κ3) is 3.27. The number of hydrogen-bond donors (Lipinski definition) is 1. The van der Waals surface area contributed by atoms with E-state index in [9.17, 15) is 0 Å². The summed E-state index contributed by atoms with van der Waals surface area (Å²) in [4.78, 5) is 4.89. The van der Waals surface area contributed by atoms with Gasteiger partial charge < -0.3 is 5.43 Å². The molecule has 1 aliphatic rings. The largest absolute Gasteiger partial charge is 0.303 e. The summed E-state index contributed by atoms with van der Waals surface area (Å²) >= 11 is 6.30. The maximum Gasteiger partial charge on any atom is 0.145 e. The van der Waals surface area contributed by atoms with Gasteiger partial charge in [-0.25, -0.2) is 5.01 Å². The Kier molecular flexibility index (Phi) is 5.46. The van der Waals surface area contributed by atoms with E-state index in [-0.39, 0.29) is 24.5 Å². The highest BCUT2D eigenvalue weighted by Gasteiger charge is 2.28. The molecule has 1 heterocycles. The van der Waals surface area contributed by atoms with E-state index in [2.05, 4.69) is 41.6 Å². The van der Waals surface area contributed by atoms with Crippen molar-refractivity contribution in [3.05, 3.63) is 70.7 Å². The van der Waals surface area contributed by atoms with E-state index in [1.165, 1.54) is 5.56 Å². The first-order valence-corrected chi connectivity index (χ1v) is 7.42. The summed E-state index contributed by atoms with van der Waals surface area (Å²) in [6.45, 7) is 2.16. The molecule has 0 spiro atoms. The molecule has 0 aliphatic carbocycles. The molecule has 2 aromatic carbocycles. The van der Waals surface area contributed by atoms with Crippen molar-refractivity contribution in [1.29, 1.82) is 0 Å². The zero-order valence-electron chi connectivity index (χ0n) is 12.5. The fraction of sp³-hybridized carbons (Fsp3) is 0.235. The maximum absolute atomic E-state index is 6.30. The lowest BCUT2D eigenvalue weighted by Crippen LogP contribution is -2.51. The second-order valence-corrected chi connectivity index (χ2v) is 5.68. The molecule has 1 N–H and O–H groups in total. The van der Waals surface area contributed by atoms with Crippen LogP contribution in [0.15, 0.2) is 59.6 Å². The van der Waals surface area contributed by atoms with Gasteiger partial charge in [-0.1, -0.05) is 54.1 Å². The number of aliphatic imine (C=N–C) groups is 1. The number of nitrogens with zero attached hydrogens (tertiary/aromatic N) is 2. The van der Waals surface area contributed by atoms with E-state index in [1.54, 1.807) is 0 Å². The minimum absolute atomic E-state index is 0. The molecule has 0 radical (unpaired) electrons. The highest BCUT2D eigenvalue weighted by atomic mass is 35.5. The quantitative estimate of drug-likeness (QED) is 0.895. The van der Waals surface area contributed by atoms with Crippen molar-refractivity contribution in [1.82, 2.24) is 10.4 Å². The molecule has 3 nitrogen and oxygen atoms in total. The molecule has 0 bridgehead atoms. The van der Waals surface area contributed by atoms with Crippen molar-refractivity contribution in [2.75, 3.05) is 7.05 Å². The van der Waals surface area contributed by atoms with Crippen LogP contribution in [0.5, 0.6) is 0 Å². The average molecular weight is 336 g/mol. The smallest absolute Gasteiger partial charge is 0.145 e. The molecule has 0 saturated heterocycles. The maximum atomic E-state index is 6.30. The molecule has 22 heavy (non-hydrogen) atoms. The molecule has 5 heteroatoms. The van der Waals surface area contributed by atoms with Gasteiger partial charge in [0.05, 0.1) is 17.1 Å². The van der Waals surface area contributed by atoms with Crippen LogP contribution in [0.2, 0.25) is 5.02 Å². The molecule has 0 fully saturated rings. The lowest BCUT2D eigenvalue weighted by molar-refractivity contribution is 0.178. The first-order valence-electron chi connectivity index (χ1n) is 7.04. The van der Waals surface area contributed by atoms with Crippen LogP contribution in [0, 0.1) is 0 Å². The molecular formula is C17H19Cl2N3. The summed E-state index contributed by atoms with van der Waals surface area (Å²) in [5.41, 5.74) is 5.46. The van der Waals surface area contributed by atoms with Gasteiger partial charge in [0.1, 0.15) is 5.84 Å². The molecule has 2 atom stereocenters. The van der Waals surface area contributed by atoms with Crippen molar-refractivity contribution in [3.8, 4) is 0 Å². The summed E-state index contributed by atoms with van der Waals surface area (Å²) in [6.07, 6.45) is 0. The van der Waals surface area contributed by atoms with E-state index >= 15 is 0 Å². The molecule has 3 rings (SSSR count). The summed E-state index contributed by atoms with van der Waals surface area (Å²) < 4.78 is 0. The molecule has 0 aromatic heterocycles. The van der Waals surface area contributed by atoms with Gasteiger partial charge in [0.15, 0.2) is 0 Å². The van der Waals surface area contributed by atoms with Gasteiger partial charge in [-0.15, -0.1) is 12.4 Å². The molecule has 2 aromatic rings. The average Bonchev–Trinajstić information content (AvgIpc) is 2.51. The van der Waals surface area contributed by atoms with Crippen molar-refractivity contribution in [2.45, 2.75) is 19.0 Å². The van der Waals surface area contributed by atoms with Gasteiger partial charge in [-0.3, -0.25) is 4.99 Å². The molecule has 116 valence electrons. The van der Waals surface area contributed by atoms with E-state index < -0.39 is 0 Å². The number of rotatable bonds is 2. The Morgan fingerprint density at radius 3 is 2.36 bits per heavy atom. The lowest BCUT2D eigenvalue weighted by atomic mass is 9.99. The Balaban J connectivity index is 0.00000176. The van der Waals surface area contributed by atoms with E-state index in [4.69, 9.17) is 16.6 Å². The Morgan fingerprint density at radius 2 is 1.68 bits per heavy atom. The number of hydrazine groups is 1. The zero-order chi connectivity index (χ0) is 14.8. The molecule has 0 saturated carbocycles. The fourth-order valence-corrected chi connectivity index (χ4v) is 2.77. The SMILES string of the molecule is CC1C(c2ccccc2)N=C(c2ccccc2Cl)NN1C.Cl. The van der Waals surface area contributed by atoms with Crippen LogP contribution in [0.25, 0.3) is 0 Å². The van der Waals surface area contributed by atoms with Gasteiger partial charge in [0.2, 0.25) is 0 Å². The number of hydrogen-bond acceptors (Lipinski definition) is 3. The van der Waals surface area contributed by atoms with E-state index in [1.807, 2.05) is 37.4 Å². The monoisotopic (exact) mass is 335 g/mol. The normalized spacial score (nSPS) is 21.5. The summed E-state index contributed by atoms with van der Waals surface area (Å²) in [5, 5.41) is 2.79. The third-order valence-electron chi connectivity index (χ3n) is 3.89. The number of halogens is 2. The Bertz CT molecular complexity index is 658. The van der Waals surface area contributed by atoms with Gasteiger partial charge in [-0.05, 0) is 24.6 Å². The van der Waals surface area contributed by atoms with Crippen molar-refractivity contribution in [3.63, 3.8) is 0 Å². The summed E-state index contributed by atoms with van der Waals surface area (Å²) in [5.74, 6) is 0.815. The fourth-order valence-electron chi connectivity index (χ4n) is 2.54. The lowest BCUT2D eigenvalue weighted by Gasteiger charge is -2.36. The zero-order valence-corrected chi connectivity index (χ0v) is 14.1. The van der Waals surface area contributed by atoms with Crippen LogP contribution < -0.4 is 5.43 Å². The van der Waals surface area contributed by atoms with Crippen molar-refractivity contribution in [2.24, 2.45) is 4.99 Å². The van der Waals surface area contributed by atoms with Crippen molar-refractivity contribution >= 4 is 29.8 Å². The highest BCUT2D eigenvalue weighted by molar-refractivity contribution is 6.34. The van der Waals surface area contributed by atoms with E-state index in [0.717, 1.165) is 11.4 Å². The Morgan fingerprint density at radius 1 is 1.05 bits per heavy atom. The van der Waals surface area contributed by atoms with Crippen LogP contribution in [-0.4, -0.2) is 23.9 Å². The first-order chi connectivity index (χ1) is 10.2. The molecule has 0 amide bonds. The second kappa shape index (κ2) is 7.14. The van der Waals surface area contributed by atoms with E-state index in [0.29, 0.717) is 5.02 Å². The van der Waals surface area contributed by atoms with Gasteiger partial charge in [0, 0.05) is 12.6 Å². The van der Waals surface area contributed by atoms with Crippen LogP contribution in [0.1, 0.15) is 24.1 Å². The Labute approximate surface area is 142 Å². The second-order valence-electron chi connectivity index (χ2n) is 5.28. The van der Waals surface area contributed by atoms with Crippen molar-refractivity contribution < 1.29 is 0 Å². The number of nitrogens with one attached hydrogen (secondary N) is 1. The predicted molar refractivity (Wildman–Crippen MR) is 94.8 cm³/mol. The van der Waals surface area contributed by atoms with Crippen LogP contribution in [0.4, 0.5) is 0 Å². The van der Waals surface area contributed by atoms with Gasteiger partial charge in [0.25, 0.3) is 0 Å². The van der Waals surface area contributed by atoms with Crippen LogP contribution >= 0.6 is 24.0 Å². The molecule has 2 unspecified atom stereocenters. The summed E-state index contributed by atoms with van der Waals surface area (Å²) in [6, 6.07) is 18.5. The van der Waals surface area contributed by atoms with Crippen LogP contribution in [0.3, 0.4) is 0 Å². The number of amidine groups is 1. The topological polar surface area (TPSA) is 27.6 Å². The first kappa shape index (κ1) is 16.8. The van der Waals surface area contributed by atoms with Gasteiger partial charge >= 0.3 is 0 Å². The molecular weight excluding hydrogens is 317 g/mol. The standard InChI is InChI=1S/C17H18ClN3.ClH/c1-12-16(13-8-4-3-5-9-13)19-17(20-21(12)2)14-10-6-7-11-15(14)18;/h3-12,16H,1-2H3,(H,19,20);1H. The number of likely N-dealkylation sites (N-methyl/N-ethyl adjacent to an activating group) is 1. The minimum Gasteiger partial charge on any atom is -0.303 e. The minimum atomic E-state index is 0. The van der Waals surface area contributed by atoms with Crippen LogP contribution in [-0.2, 0) is 0 Å². The Hall–Kier alpha value is -1.55. The third-order valence-corrected chi connectivity index (χ3v) is 4.22. The number of benzene rings is 2. The summed E-state index contributed by atoms with van der Waals surface area (Å²) in [7, 11) is 2.03.